The van der Waals surface area contributed by atoms with Gasteiger partial charge in [-0.2, -0.15) is 0 Å². The van der Waals surface area contributed by atoms with E-state index in [-0.39, 0.29) is 12.0 Å². The van der Waals surface area contributed by atoms with E-state index >= 15 is 0 Å². The van der Waals surface area contributed by atoms with Crippen molar-refractivity contribution in [3.63, 3.8) is 0 Å². The van der Waals surface area contributed by atoms with Crippen molar-refractivity contribution in [2.75, 3.05) is 40.3 Å². The second-order valence-electron chi connectivity index (χ2n) is 7.71. The smallest absolute Gasteiger partial charge is 0.328 e. The molecule has 0 aliphatic heterocycles. The molecule has 0 unspecified atom stereocenters. The van der Waals surface area contributed by atoms with Gasteiger partial charge in [0.25, 0.3) is 0 Å². The molecule has 35 heavy (non-hydrogen) atoms. The Morgan fingerprint density at radius 1 is 0.971 bits per heavy atom. The minimum absolute atomic E-state index is 0.157. The van der Waals surface area contributed by atoms with E-state index < -0.39 is 17.4 Å². The largest absolute Gasteiger partial charge is 0.496 e. The van der Waals surface area contributed by atoms with Crippen LogP contribution in [-0.4, -0.2) is 52.0 Å². The number of nitrogens with two attached hydrogens (primary N) is 2. The van der Waals surface area contributed by atoms with Gasteiger partial charge in [-0.3, -0.25) is 4.79 Å². The Balaban J connectivity index is 2.34. The third kappa shape index (κ3) is 6.65. The number of carboxylic acids is 1. The minimum Gasteiger partial charge on any atom is -0.496 e. The van der Waals surface area contributed by atoms with E-state index in [1.165, 1.54) is 40.6 Å². The van der Waals surface area contributed by atoms with Gasteiger partial charge in [0, 0.05) is 29.5 Å². The zero-order chi connectivity index (χ0) is 26.0. The van der Waals surface area contributed by atoms with E-state index in [0.717, 1.165) is 0 Å². The maximum absolute atomic E-state index is 12.7. The van der Waals surface area contributed by atoms with Gasteiger partial charge in [-0.15, -0.1) is 0 Å². The summed E-state index contributed by atoms with van der Waals surface area (Å²) in [5.41, 5.74) is 11.3. The Morgan fingerprint density at radius 2 is 1.60 bits per heavy atom. The third-order valence-electron chi connectivity index (χ3n) is 5.51. The molecular formula is C25H33N3O7. The number of carboxylic acid groups (broad SMARTS) is 1. The lowest BCUT2D eigenvalue weighted by molar-refractivity contribution is -0.144. The van der Waals surface area contributed by atoms with Crippen LogP contribution in [0.3, 0.4) is 0 Å². The van der Waals surface area contributed by atoms with Gasteiger partial charge in [0.15, 0.2) is 0 Å². The Bertz CT molecular complexity index is 1050. The summed E-state index contributed by atoms with van der Waals surface area (Å²) in [6.07, 6.45) is 4.17. The summed E-state index contributed by atoms with van der Waals surface area (Å²) in [4.78, 5) is 24.8. The first kappa shape index (κ1) is 27.5. The van der Waals surface area contributed by atoms with E-state index in [1.807, 2.05) is 0 Å². The van der Waals surface area contributed by atoms with Crippen LogP contribution >= 0.6 is 0 Å². The maximum Gasteiger partial charge on any atom is 0.328 e. The van der Waals surface area contributed by atoms with Crippen LogP contribution in [-0.2, 0) is 15.1 Å². The zero-order valence-electron chi connectivity index (χ0n) is 20.4. The lowest BCUT2D eigenvalue weighted by Crippen LogP contribution is -2.45. The average molecular weight is 488 g/mol. The number of carbonyl (C=O) groups excluding carboxylic acids is 1. The number of hydrogen-bond acceptors (Lipinski definition) is 8. The number of unbranched alkanes of at least 4 members (excludes halogenated alkanes) is 1. The predicted molar refractivity (Wildman–Crippen MR) is 133 cm³/mol. The summed E-state index contributed by atoms with van der Waals surface area (Å²) >= 11 is 0. The molecule has 0 fully saturated rings. The number of methoxy groups -OCH3 is 4. The second kappa shape index (κ2) is 12.6. The molecule has 0 spiro atoms. The molecule has 2 rings (SSSR count). The SMILES string of the molecule is COc1cc(OC)c(/C=C/C(=O)Nc2ccc(OC)c([C@](N)(CCCCN)C(=O)O)c2)c(OC)c1. The van der Waals surface area contributed by atoms with Gasteiger partial charge in [-0.25, -0.2) is 4.79 Å². The van der Waals surface area contributed by atoms with Crippen molar-refractivity contribution in [1.82, 2.24) is 0 Å². The number of ether oxygens (including phenoxy) is 4. The van der Waals surface area contributed by atoms with Gasteiger partial charge in [0.05, 0.1) is 34.0 Å². The number of amides is 1. The normalized spacial score (nSPS) is 12.6. The van der Waals surface area contributed by atoms with Crippen LogP contribution in [0.4, 0.5) is 5.69 Å². The molecule has 0 aliphatic carbocycles. The highest BCUT2D eigenvalue weighted by Crippen LogP contribution is 2.36. The van der Waals surface area contributed by atoms with Crippen molar-refractivity contribution >= 4 is 23.6 Å². The fourth-order valence-electron chi connectivity index (χ4n) is 3.58. The van der Waals surface area contributed by atoms with Crippen molar-refractivity contribution in [3.05, 3.63) is 47.5 Å². The molecule has 0 heterocycles. The molecular weight excluding hydrogens is 454 g/mol. The standard InChI is InChI=1S/C25H33N3O7/c1-32-17-14-21(34-3)18(22(15-17)35-4)8-10-23(29)28-16-7-9-20(33-2)19(13-16)25(27,24(30)31)11-5-6-12-26/h7-10,13-15H,5-6,11-12,26-27H2,1-4H3,(H,28,29)(H,30,31)/b10-8+/t25-/m1/s1. The summed E-state index contributed by atoms with van der Waals surface area (Å²) in [7, 11) is 5.95. The van der Waals surface area contributed by atoms with E-state index in [0.29, 0.717) is 53.6 Å². The van der Waals surface area contributed by atoms with Gasteiger partial charge < -0.3 is 40.8 Å². The van der Waals surface area contributed by atoms with Gasteiger partial charge in [-0.05, 0) is 50.1 Å². The number of hydrogen-bond donors (Lipinski definition) is 4. The summed E-state index contributed by atoms with van der Waals surface area (Å²) in [5, 5.41) is 12.6. The Labute approximate surface area is 204 Å². The van der Waals surface area contributed by atoms with Crippen molar-refractivity contribution in [3.8, 4) is 23.0 Å². The van der Waals surface area contributed by atoms with Crippen LogP contribution in [0.1, 0.15) is 30.4 Å². The van der Waals surface area contributed by atoms with E-state index in [4.69, 9.17) is 30.4 Å². The van der Waals surface area contributed by atoms with Crippen molar-refractivity contribution in [2.24, 2.45) is 11.5 Å². The molecule has 6 N–H and O–H groups in total. The first-order valence-electron chi connectivity index (χ1n) is 10.9. The summed E-state index contributed by atoms with van der Waals surface area (Å²) < 4.78 is 21.4. The monoisotopic (exact) mass is 487 g/mol. The Hall–Kier alpha value is -3.76. The Kier molecular flexibility index (Phi) is 9.92. The summed E-state index contributed by atoms with van der Waals surface area (Å²) in [6, 6.07) is 8.03. The van der Waals surface area contributed by atoms with Gasteiger partial charge in [-0.1, -0.05) is 0 Å². The highest BCUT2D eigenvalue weighted by molar-refractivity contribution is 6.02. The van der Waals surface area contributed by atoms with Crippen LogP contribution in [0.15, 0.2) is 36.4 Å². The van der Waals surface area contributed by atoms with E-state index in [9.17, 15) is 14.7 Å². The van der Waals surface area contributed by atoms with Crippen molar-refractivity contribution in [1.29, 1.82) is 0 Å². The molecule has 10 heteroatoms. The highest BCUT2D eigenvalue weighted by atomic mass is 16.5. The molecule has 0 aromatic heterocycles. The van der Waals surface area contributed by atoms with Crippen LogP contribution in [0.2, 0.25) is 0 Å². The van der Waals surface area contributed by atoms with Crippen molar-refractivity contribution < 1.29 is 33.6 Å². The summed E-state index contributed by atoms with van der Waals surface area (Å²) in [6.45, 7) is 0.430. The molecule has 0 saturated heterocycles. The molecule has 2 aromatic rings. The molecule has 190 valence electrons. The van der Waals surface area contributed by atoms with Crippen LogP contribution in [0.25, 0.3) is 6.08 Å². The van der Waals surface area contributed by atoms with Crippen LogP contribution < -0.4 is 35.7 Å². The van der Waals surface area contributed by atoms with Gasteiger partial charge in [0.2, 0.25) is 5.91 Å². The van der Waals surface area contributed by atoms with Gasteiger partial charge >= 0.3 is 5.97 Å². The maximum atomic E-state index is 12.7. The highest BCUT2D eigenvalue weighted by Gasteiger charge is 2.38. The number of rotatable bonds is 13. The van der Waals surface area contributed by atoms with E-state index in [1.54, 1.807) is 30.3 Å². The number of carbonyl (C=O) groups is 2. The fraction of sp³-hybridized carbons (Fsp3) is 0.360. The number of benzene rings is 2. The van der Waals surface area contributed by atoms with Crippen molar-refractivity contribution in [2.45, 2.75) is 24.8 Å². The first-order chi connectivity index (χ1) is 16.7. The average Bonchev–Trinajstić information content (AvgIpc) is 2.86. The molecule has 1 atom stereocenters. The first-order valence-corrected chi connectivity index (χ1v) is 10.9. The Morgan fingerprint density at radius 3 is 2.11 bits per heavy atom. The third-order valence-corrected chi connectivity index (χ3v) is 5.51. The molecule has 0 saturated carbocycles. The quantitative estimate of drug-likeness (QED) is 0.246. The predicted octanol–water partition coefficient (Wildman–Crippen LogP) is 2.74. The zero-order valence-corrected chi connectivity index (χ0v) is 20.4. The van der Waals surface area contributed by atoms with Crippen LogP contribution in [0, 0.1) is 0 Å². The molecule has 10 nitrogen and oxygen atoms in total. The number of nitrogens with one attached hydrogen (secondary N) is 1. The molecule has 0 bridgehead atoms. The minimum atomic E-state index is -1.71. The lowest BCUT2D eigenvalue weighted by Gasteiger charge is -2.27. The second-order valence-corrected chi connectivity index (χ2v) is 7.71. The number of anilines is 1. The number of aliphatic carboxylic acids is 1. The fourth-order valence-corrected chi connectivity index (χ4v) is 3.58. The molecule has 0 aliphatic rings. The topological polar surface area (TPSA) is 155 Å². The van der Waals surface area contributed by atoms with E-state index in [2.05, 4.69) is 5.32 Å². The van der Waals surface area contributed by atoms with Gasteiger partial charge in [0.1, 0.15) is 28.5 Å². The molecule has 0 radical (unpaired) electrons. The summed E-state index contributed by atoms with van der Waals surface area (Å²) in [5.74, 6) is 0.120. The molecule has 1 amide bonds. The molecule has 2 aromatic carbocycles. The van der Waals surface area contributed by atoms with Crippen LogP contribution in [0.5, 0.6) is 23.0 Å². The lowest BCUT2D eigenvalue weighted by atomic mass is 9.85.